The van der Waals surface area contributed by atoms with E-state index in [1.165, 1.54) is 24.1 Å². The Hall–Kier alpha value is -3.18. The highest BCUT2D eigenvalue weighted by molar-refractivity contribution is 5.99. The average molecular weight is 397 g/mol. The van der Waals surface area contributed by atoms with Gasteiger partial charge in [-0.15, -0.1) is 6.42 Å². The van der Waals surface area contributed by atoms with Gasteiger partial charge in [0.25, 0.3) is 0 Å². The molecule has 2 bridgehead atoms. The molecule has 3 heterocycles. The number of ether oxygens (including phenoxy) is 1. The average Bonchev–Trinajstić information content (AvgIpc) is 3.35. The standard InChI is InChI=1S/C21H20FN3O4/c1-3-10-25-17(19(27)24-11-12-4-6-13(22)7-5-12)21-9-8-14(29-21)15(18(26)23-2)16(21)20(25)28/h1,4-9,14-17H,10-11H2,2H3,(H,23,26)(H,24,27)/t14-,15+,16+,17-,21+/m1/s1. The van der Waals surface area contributed by atoms with Crippen molar-refractivity contribution < 1.29 is 23.5 Å². The van der Waals surface area contributed by atoms with E-state index in [-0.39, 0.29) is 30.7 Å². The molecular weight excluding hydrogens is 377 g/mol. The van der Waals surface area contributed by atoms with Gasteiger partial charge in [0.2, 0.25) is 17.7 Å². The number of benzene rings is 1. The van der Waals surface area contributed by atoms with Crippen LogP contribution in [0.15, 0.2) is 36.4 Å². The second kappa shape index (κ2) is 7.01. The number of carbonyl (C=O) groups is 3. The Morgan fingerprint density at radius 3 is 2.69 bits per heavy atom. The zero-order valence-corrected chi connectivity index (χ0v) is 15.7. The molecule has 0 aromatic heterocycles. The van der Waals surface area contributed by atoms with Gasteiger partial charge in [-0.1, -0.05) is 30.2 Å². The van der Waals surface area contributed by atoms with Gasteiger partial charge in [0.1, 0.15) is 17.5 Å². The predicted molar refractivity (Wildman–Crippen MR) is 100 cm³/mol. The molecule has 1 spiro atoms. The number of rotatable bonds is 5. The van der Waals surface area contributed by atoms with Crippen molar-refractivity contribution in [2.75, 3.05) is 13.6 Å². The van der Waals surface area contributed by atoms with E-state index in [0.29, 0.717) is 5.56 Å². The Kier molecular flexibility index (Phi) is 4.63. The minimum absolute atomic E-state index is 0.0753. The molecule has 150 valence electrons. The van der Waals surface area contributed by atoms with Gasteiger partial charge in [-0.05, 0) is 17.7 Å². The first-order valence-electron chi connectivity index (χ1n) is 9.28. The summed E-state index contributed by atoms with van der Waals surface area (Å²) in [5, 5.41) is 5.35. The molecule has 2 N–H and O–H groups in total. The Morgan fingerprint density at radius 1 is 1.31 bits per heavy atom. The number of amides is 3. The first kappa shape index (κ1) is 19.2. The maximum absolute atomic E-state index is 13.1. The third kappa shape index (κ3) is 2.81. The smallest absolute Gasteiger partial charge is 0.246 e. The van der Waals surface area contributed by atoms with Crippen molar-refractivity contribution in [2.45, 2.75) is 24.3 Å². The van der Waals surface area contributed by atoms with Crippen LogP contribution in [0.1, 0.15) is 5.56 Å². The Balaban J connectivity index is 1.62. The summed E-state index contributed by atoms with van der Waals surface area (Å²) in [6.07, 6.45) is 8.30. The monoisotopic (exact) mass is 397 g/mol. The first-order chi connectivity index (χ1) is 13.9. The van der Waals surface area contributed by atoms with Crippen molar-refractivity contribution in [1.29, 1.82) is 0 Å². The van der Waals surface area contributed by atoms with Gasteiger partial charge in [-0.3, -0.25) is 14.4 Å². The van der Waals surface area contributed by atoms with E-state index in [1.807, 2.05) is 0 Å². The normalized spacial score (nSPS) is 31.5. The Labute approximate surface area is 167 Å². The lowest BCUT2D eigenvalue weighted by atomic mass is 9.74. The van der Waals surface area contributed by atoms with Crippen molar-refractivity contribution in [3.05, 3.63) is 47.8 Å². The highest BCUT2D eigenvalue weighted by Crippen LogP contribution is 2.54. The van der Waals surface area contributed by atoms with Gasteiger partial charge >= 0.3 is 0 Å². The van der Waals surface area contributed by atoms with Crippen LogP contribution in [0.5, 0.6) is 0 Å². The van der Waals surface area contributed by atoms with Crippen LogP contribution in [-0.4, -0.2) is 54.0 Å². The maximum atomic E-state index is 13.1. The van der Waals surface area contributed by atoms with E-state index in [9.17, 15) is 18.8 Å². The lowest BCUT2D eigenvalue weighted by Crippen LogP contribution is -2.54. The molecule has 4 rings (SSSR count). The molecule has 0 saturated carbocycles. The number of nitrogens with zero attached hydrogens (tertiary/aromatic N) is 1. The number of carbonyl (C=O) groups excluding carboxylic acids is 3. The molecule has 5 atom stereocenters. The topological polar surface area (TPSA) is 87.7 Å². The fourth-order valence-corrected chi connectivity index (χ4v) is 4.59. The fraction of sp³-hybridized carbons (Fsp3) is 0.381. The predicted octanol–water partition coefficient (Wildman–Crippen LogP) is -0.0283. The van der Waals surface area contributed by atoms with Crippen LogP contribution in [0.2, 0.25) is 0 Å². The van der Waals surface area contributed by atoms with E-state index in [4.69, 9.17) is 11.2 Å². The number of hydrogen-bond acceptors (Lipinski definition) is 4. The third-order valence-corrected chi connectivity index (χ3v) is 5.81. The highest BCUT2D eigenvalue weighted by atomic mass is 19.1. The van der Waals surface area contributed by atoms with Gasteiger partial charge in [-0.25, -0.2) is 4.39 Å². The summed E-state index contributed by atoms with van der Waals surface area (Å²) in [4.78, 5) is 40.0. The van der Waals surface area contributed by atoms with E-state index < -0.39 is 35.5 Å². The molecule has 1 aromatic carbocycles. The molecule has 2 saturated heterocycles. The molecule has 8 heteroatoms. The number of hydrogen-bond donors (Lipinski definition) is 2. The number of nitrogens with one attached hydrogen (secondary N) is 2. The molecule has 3 aliphatic heterocycles. The molecule has 2 fully saturated rings. The van der Waals surface area contributed by atoms with Crippen LogP contribution in [0.25, 0.3) is 0 Å². The highest BCUT2D eigenvalue weighted by Gasteiger charge is 2.72. The van der Waals surface area contributed by atoms with Crippen LogP contribution < -0.4 is 10.6 Å². The molecule has 3 amide bonds. The molecule has 0 unspecified atom stereocenters. The molecule has 29 heavy (non-hydrogen) atoms. The minimum atomic E-state index is -1.23. The molecule has 1 aromatic rings. The maximum Gasteiger partial charge on any atom is 0.246 e. The number of likely N-dealkylation sites (tertiary alicyclic amines) is 1. The van der Waals surface area contributed by atoms with Gasteiger partial charge in [-0.2, -0.15) is 0 Å². The van der Waals surface area contributed by atoms with E-state index in [2.05, 4.69) is 16.6 Å². The van der Waals surface area contributed by atoms with Crippen LogP contribution in [0, 0.1) is 30.0 Å². The molecule has 0 aliphatic carbocycles. The van der Waals surface area contributed by atoms with Crippen LogP contribution in [0.3, 0.4) is 0 Å². The van der Waals surface area contributed by atoms with Crippen molar-refractivity contribution in [2.24, 2.45) is 11.8 Å². The molecule has 0 radical (unpaired) electrons. The Bertz CT molecular complexity index is 938. The summed E-state index contributed by atoms with van der Waals surface area (Å²) in [6, 6.07) is 4.74. The third-order valence-electron chi connectivity index (χ3n) is 5.81. The van der Waals surface area contributed by atoms with Crippen molar-refractivity contribution >= 4 is 17.7 Å². The van der Waals surface area contributed by atoms with Crippen LogP contribution in [-0.2, 0) is 25.7 Å². The van der Waals surface area contributed by atoms with Crippen molar-refractivity contribution in [3.63, 3.8) is 0 Å². The van der Waals surface area contributed by atoms with E-state index >= 15 is 0 Å². The quantitative estimate of drug-likeness (QED) is 0.540. The summed E-state index contributed by atoms with van der Waals surface area (Å²) in [6.45, 7) is 0.0779. The number of terminal acetylenes is 1. The zero-order chi connectivity index (χ0) is 20.8. The summed E-state index contributed by atoms with van der Waals surface area (Å²) in [7, 11) is 1.50. The van der Waals surface area contributed by atoms with E-state index in [0.717, 1.165) is 0 Å². The molecule has 7 nitrogen and oxygen atoms in total. The van der Waals surface area contributed by atoms with Gasteiger partial charge in [0.15, 0.2) is 0 Å². The largest absolute Gasteiger partial charge is 0.359 e. The van der Waals surface area contributed by atoms with Gasteiger partial charge in [0.05, 0.1) is 24.5 Å². The van der Waals surface area contributed by atoms with E-state index in [1.54, 1.807) is 24.3 Å². The van der Waals surface area contributed by atoms with Gasteiger partial charge < -0.3 is 20.3 Å². The number of fused-ring (bicyclic) bond motifs is 1. The summed E-state index contributed by atoms with van der Waals surface area (Å²) in [5.41, 5.74) is -0.528. The second-order valence-electron chi connectivity index (χ2n) is 7.33. The zero-order valence-electron chi connectivity index (χ0n) is 15.7. The lowest BCUT2D eigenvalue weighted by Gasteiger charge is -2.31. The fourth-order valence-electron chi connectivity index (χ4n) is 4.59. The minimum Gasteiger partial charge on any atom is -0.359 e. The summed E-state index contributed by atoms with van der Waals surface area (Å²) >= 11 is 0. The Morgan fingerprint density at radius 2 is 2.03 bits per heavy atom. The molecule has 3 aliphatic rings. The first-order valence-corrected chi connectivity index (χ1v) is 9.28. The van der Waals surface area contributed by atoms with Crippen molar-refractivity contribution in [1.82, 2.24) is 15.5 Å². The van der Waals surface area contributed by atoms with Crippen molar-refractivity contribution in [3.8, 4) is 12.3 Å². The summed E-state index contributed by atoms with van der Waals surface area (Å²) in [5.74, 6) is -0.611. The molecular formula is C21H20FN3O4. The summed E-state index contributed by atoms with van der Waals surface area (Å²) < 4.78 is 19.1. The second-order valence-corrected chi connectivity index (χ2v) is 7.33. The lowest BCUT2D eigenvalue weighted by molar-refractivity contribution is -0.141. The number of halogens is 1. The van der Waals surface area contributed by atoms with Gasteiger partial charge in [0, 0.05) is 13.6 Å². The van der Waals surface area contributed by atoms with Crippen LogP contribution >= 0.6 is 0 Å². The SMILES string of the molecule is C#CCN1C(=O)[C@@H]2[C@@H](C(=O)NC)[C@H]3C=C[C@@]2(O3)[C@H]1C(=O)NCc1ccc(F)cc1. The van der Waals surface area contributed by atoms with Crippen LogP contribution in [0.4, 0.5) is 4.39 Å².